The van der Waals surface area contributed by atoms with Crippen LogP contribution in [0.3, 0.4) is 0 Å². The summed E-state index contributed by atoms with van der Waals surface area (Å²) in [5, 5.41) is 2.94. The molecular weight excluding hydrogens is 402 g/mol. The van der Waals surface area contributed by atoms with Crippen molar-refractivity contribution in [3.63, 3.8) is 0 Å². The van der Waals surface area contributed by atoms with Gasteiger partial charge in [-0.25, -0.2) is 4.79 Å². The number of likely N-dealkylation sites (tertiary alicyclic amines) is 1. The molecule has 0 saturated carbocycles. The Morgan fingerprint density at radius 3 is 2.58 bits per heavy atom. The molecule has 31 heavy (non-hydrogen) atoms. The van der Waals surface area contributed by atoms with Crippen LogP contribution in [0.25, 0.3) is 0 Å². The average molecular weight is 431 g/mol. The number of Topliss-reactive ketones (excluding diaryl/α,β-unsaturated/α-hetero) is 1. The highest BCUT2D eigenvalue weighted by molar-refractivity contribution is 6.03. The Labute approximate surface area is 181 Å². The Morgan fingerprint density at radius 2 is 1.90 bits per heavy atom. The van der Waals surface area contributed by atoms with Gasteiger partial charge in [0.25, 0.3) is 5.91 Å². The third-order valence-corrected chi connectivity index (χ3v) is 5.59. The number of ether oxygens (including phenoxy) is 2. The minimum absolute atomic E-state index is 0.0178. The smallest absolute Gasteiger partial charge is 0.409 e. The van der Waals surface area contributed by atoms with E-state index in [1.807, 2.05) is 0 Å². The van der Waals surface area contributed by atoms with E-state index in [0.29, 0.717) is 49.5 Å². The number of likely N-dealkylation sites (N-methyl/N-ethyl adjacent to an activating group) is 1. The van der Waals surface area contributed by atoms with Gasteiger partial charge in [0.1, 0.15) is 5.75 Å². The zero-order chi connectivity index (χ0) is 22.5. The molecule has 0 spiro atoms. The fourth-order valence-electron chi connectivity index (χ4n) is 3.78. The number of anilines is 1. The van der Waals surface area contributed by atoms with Gasteiger partial charge in [0, 0.05) is 44.6 Å². The van der Waals surface area contributed by atoms with Crippen molar-refractivity contribution in [2.45, 2.75) is 51.7 Å². The van der Waals surface area contributed by atoms with Crippen molar-refractivity contribution in [2.75, 3.05) is 31.6 Å². The molecule has 2 heterocycles. The molecule has 1 saturated heterocycles. The molecule has 1 fully saturated rings. The van der Waals surface area contributed by atoms with Crippen LogP contribution in [0.4, 0.5) is 10.5 Å². The first-order valence-electron chi connectivity index (χ1n) is 10.6. The molecule has 1 aromatic carbocycles. The van der Waals surface area contributed by atoms with Crippen LogP contribution < -0.4 is 15.0 Å². The van der Waals surface area contributed by atoms with Gasteiger partial charge in [-0.2, -0.15) is 0 Å². The van der Waals surface area contributed by atoms with Gasteiger partial charge in [-0.1, -0.05) is 0 Å². The predicted octanol–water partition coefficient (Wildman–Crippen LogP) is 2.13. The summed E-state index contributed by atoms with van der Waals surface area (Å²) >= 11 is 0. The normalized spacial score (nSPS) is 18.8. The highest BCUT2D eigenvalue weighted by atomic mass is 16.6. The van der Waals surface area contributed by atoms with Crippen LogP contribution in [-0.2, 0) is 14.3 Å². The van der Waals surface area contributed by atoms with Gasteiger partial charge in [-0.15, -0.1) is 0 Å². The van der Waals surface area contributed by atoms with Crippen molar-refractivity contribution in [3.8, 4) is 5.75 Å². The number of fused-ring (bicyclic) bond motifs is 1. The zero-order valence-electron chi connectivity index (χ0n) is 18.2. The fraction of sp³-hybridized carbons (Fsp3) is 0.545. The predicted molar refractivity (Wildman–Crippen MR) is 113 cm³/mol. The van der Waals surface area contributed by atoms with Crippen LogP contribution in [0.2, 0.25) is 0 Å². The molecule has 1 unspecified atom stereocenters. The summed E-state index contributed by atoms with van der Waals surface area (Å²) in [4.78, 5) is 51.8. The molecule has 9 nitrogen and oxygen atoms in total. The number of benzene rings is 1. The van der Waals surface area contributed by atoms with Crippen molar-refractivity contribution in [3.05, 3.63) is 23.8 Å². The van der Waals surface area contributed by atoms with Gasteiger partial charge in [-0.3, -0.25) is 14.4 Å². The van der Waals surface area contributed by atoms with Crippen molar-refractivity contribution in [1.82, 2.24) is 10.2 Å². The topological polar surface area (TPSA) is 105 Å². The highest BCUT2D eigenvalue weighted by Gasteiger charge is 2.29. The Hall–Kier alpha value is -3.10. The number of hydrogen-bond acceptors (Lipinski definition) is 6. The number of carbonyl (C=O) groups excluding carboxylic acids is 4. The lowest BCUT2D eigenvalue weighted by Gasteiger charge is -2.31. The summed E-state index contributed by atoms with van der Waals surface area (Å²) in [5.41, 5.74) is 0.985. The lowest BCUT2D eigenvalue weighted by molar-refractivity contribution is -0.125. The van der Waals surface area contributed by atoms with E-state index in [2.05, 4.69) is 5.32 Å². The molecule has 2 aliphatic rings. The van der Waals surface area contributed by atoms with Gasteiger partial charge >= 0.3 is 6.09 Å². The van der Waals surface area contributed by atoms with Crippen LogP contribution >= 0.6 is 0 Å². The second-order valence-electron chi connectivity index (χ2n) is 7.79. The van der Waals surface area contributed by atoms with Crippen molar-refractivity contribution < 1.29 is 28.7 Å². The summed E-state index contributed by atoms with van der Waals surface area (Å²) in [5.74, 6) is 0.0171. The minimum Gasteiger partial charge on any atom is -0.479 e. The molecule has 3 rings (SSSR count). The molecule has 168 valence electrons. The third kappa shape index (κ3) is 5.34. The summed E-state index contributed by atoms with van der Waals surface area (Å²) in [6.07, 6.45) is 0.573. The number of hydrogen-bond donors (Lipinski definition) is 1. The number of nitrogens with zero attached hydrogens (tertiary/aromatic N) is 2. The summed E-state index contributed by atoms with van der Waals surface area (Å²) in [6, 6.07) is 4.94. The molecule has 2 aliphatic heterocycles. The van der Waals surface area contributed by atoms with E-state index in [-0.39, 0.29) is 42.6 Å². The number of piperidine rings is 1. The first-order valence-corrected chi connectivity index (χ1v) is 10.6. The number of amides is 3. The van der Waals surface area contributed by atoms with Crippen molar-refractivity contribution >= 4 is 29.4 Å². The second kappa shape index (κ2) is 9.80. The first kappa shape index (κ1) is 22.6. The Kier molecular flexibility index (Phi) is 7.14. The molecule has 0 aliphatic carbocycles. The van der Waals surface area contributed by atoms with Crippen LogP contribution in [0.15, 0.2) is 18.2 Å². The quantitative estimate of drug-likeness (QED) is 0.692. The van der Waals surface area contributed by atoms with Crippen molar-refractivity contribution in [1.29, 1.82) is 0 Å². The maximum Gasteiger partial charge on any atom is 0.409 e. The third-order valence-electron chi connectivity index (χ3n) is 5.59. The van der Waals surface area contributed by atoms with Gasteiger partial charge < -0.3 is 24.6 Å². The lowest BCUT2D eigenvalue weighted by atomic mass is 10.0. The largest absolute Gasteiger partial charge is 0.479 e. The molecular formula is C22H29N3O6. The van der Waals surface area contributed by atoms with Crippen molar-refractivity contribution in [2.24, 2.45) is 0 Å². The van der Waals surface area contributed by atoms with E-state index in [1.54, 1.807) is 44.0 Å². The Morgan fingerprint density at radius 1 is 1.19 bits per heavy atom. The molecule has 9 heteroatoms. The van der Waals surface area contributed by atoms with Crippen LogP contribution in [0.1, 0.15) is 49.9 Å². The number of carbonyl (C=O) groups is 4. The molecule has 1 atom stereocenters. The second-order valence-corrected chi connectivity index (χ2v) is 7.79. The SMILES string of the molecule is CCOC(=O)N1CCC(NC(=O)CCC(=O)c2ccc3c(c2)N(C)C(=O)C(C)O3)CC1. The maximum absolute atomic E-state index is 12.6. The molecule has 0 radical (unpaired) electrons. The number of ketones is 1. The minimum atomic E-state index is -0.563. The van der Waals surface area contributed by atoms with Crippen LogP contribution in [0, 0.1) is 0 Å². The monoisotopic (exact) mass is 431 g/mol. The first-order chi connectivity index (χ1) is 14.8. The Bertz CT molecular complexity index is 863. The summed E-state index contributed by atoms with van der Waals surface area (Å²) in [6.45, 7) is 4.85. The molecule has 0 aromatic heterocycles. The Balaban J connectivity index is 1.48. The van der Waals surface area contributed by atoms with E-state index >= 15 is 0 Å². The van der Waals surface area contributed by atoms with E-state index < -0.39 is 6.10 Å². The van der Waals surface area contributed by atoms with Gasteiger partial charge in [0.05, 0.1) is 12.3 Å². The van der Waals surface area contributed by atoms with Crippen LogP contribution in [-0.4, -0.2) is 67.5 Å². The summed E-state index contributed by atoms with van der Waals surface area (Å²) in [7, 11) is 1.65. The fourth-order valence-corrected chi connectivity index (χ4v) is 3.78. The maximum atomic E-state index is 12.6. The average Bonchev–Trinajstić information content (AvgIpc) is 2.76. The lowest BCUT2D eigenvalue weighted by Crippen LogP contribution is -2.46. The van der Waals surface area contributed by atoms with Gasteiger partial charge in [0.15, 0.2) is 11.9 Å². The molecule has 1 aromatic rings. The highest BCUT2D eigenvalue weighted by Crippen LogP contribution is 2.34. The number of rotatable bonds is 6. The molecule has 1 N–H and O–H groups in total. The molecule has 3 amide bonds. The van der Waals surface area contributed by atoms with E-state index in [1.165, 1.54) is 4.90 Å². The zero-order valence-corrected chi connectivity index (χ0v) is 18.2. The van der Waals surface area contributed by atoms with E-state index in [4.69, 9.17) is 9.47 Å². The summed E-state index contributed by atoms with van der Waals surface area (Å²) < 4.78 is 10.6. The van der Waals surface area contributed by atoms with E-state index in [0.717, 1.165) is 0 Å². The number of nitrogens with one attached hydrogen (secondary N) is 1. The van der Waals surface area contributed by atoms with Gasteiger partial charge in [-0.05, 0) is 44.9 Å². The standard InChI is InChI=1S/C22H29N3O6/c1-4-30-22(29)25-11-9-16(10-12-25)23-20(27)8-6-18(26)15-5-7-19-17(13-15)24(3)21(28)14(2)31-19/h5,7,13-14,16H,4,6,8-12H2,1-3H3,(H,23,27). The van der Waals surface area contributed by atoms with Crippen LogP contribution in [0.5, 0.6) is 5.75 Å². The van der Waals surface area contributed by atoms with Gasteiger partial charge in [0.2, 0.25) is 5.91 Å². The molecule has 0 bridgehead atoms. The van der Waals surface area contributed by atoms with E-state index in [9.17, 15) is 19.2 Å².